The molecule has 7 heteroatoms. The SMILES string of the molecule is Cc1ccc(CC(C)NC(=O)N2CCOC(CN(C)CC(=O)O)C2)c(C)c1. The van der Waals surface area contributed by atoms with Crippen LogP contribution in [0.1, 0.15) is 23.6 Å². The maximum absolute atomic E-state index is 12.6. The number of amides is 2. The summed E-state index contributed by atoms with van der Waals surface area (Å²) in [6.45, 7) is 8.09. The van der Waals surface area contributed by atoms with E-state index in [4.69, 9.17) is 9.84 Å². The highest BCUT2D eigenvalue weighted by Gasteiger charge is 2.26. The van der Waals surface area contributed by atoms with Crippen molar-refractivity contribution in [3.63, 3.8) is 0 Å². The van der Waals surface area contributed by atoms with Gasteiger partial charge in [-0.1, -0.05) is 23.8 Å². The minimum absolute atomic E-state index is 0.0230. The summed E-state index contributed by atoms with van der Waals surface area (Å²) in [7, 11) is 1.74. The molecule has 2 rings (SSSR count). The van der Waals surface area contributed by atoms with E-state index in [1.54, 1.807) is 16.8 Å². The summed E-state index contributed by atoms with van der Waals surface area (Å²) in [6, 6.07) is 6.30. The molecule has 1 aromatic rings. The summed E-state index contributed by atoms with van der Waals surface area (Å²) in [5.41, 5.74) is 3.72. The standard InChI is InChI=1S/C20H31N3O4/c1-14-5-6-17(15(2)9-14)10-16(3)21-20(26)23-7-8-27-18(12-23)11-22(4)13-19(24)25/h5-6,9,16,18H,7-8,10-13H2,1-4H3,(H,21,26)(H,24,25). The first-order chi connectivity index (χ1) is 12.7. The van der Waals surface area contributed by atoms with Crippen LogP contribution < -0.4 is 5.32 Å². The van der Waals surface area contributed by atoms with Crippen molar-refractivity contribution in [2.75, 3.05) is 39.8 Å². The summed E-state index contributed by atoms with van der Waals surface area (Å²) in [5, 5.41) is 11.9. The minimum Gasteiger partial charge on any atom is -0.480 e. The molecule has 1 heterocycles. The van der Waals surface area contributed by atoms with Crippen molar-refractivity contribution in [2.45, 2.75) is 39.3 Å². The van der Waals surface area contributed by atoms with E-state index < -0.39 is 5.97 Å². The fourth-order valence-corrected chi connectivity index (χ4v) is 3.42. The number of benzene rings is 1. The van der Waals surface area contributed by atoms with E-state index in [-0.39, 0.29) is 24.7 Å². The van der Waals surface area contributed by atoms with E-state index in [0.29, 0.717) is 26.2 Å². The minimum atomic E-state index is -0.872. The lowest BCUT2D eigenvalue weighted by atomic mass is 10.00. The lowest BCUT2D eigenvalue weighted by Crippen LogP contribution is -2.53. The average Bonchev–Trinajstić information content (AvgIpc) is 2.56. The van der Waals surface area contributed by atoms with E-state index in [1.807, 2.05) is 6.92 Å². The Kier molecular flexibility index (Phi) is 7.62. The third kappa shape index (κ3) is 6.84. The molecule has 1 aliphatic rings. The number of carbonyl (C=O) groups is 2. The van der Waals surface area contributed by atoms with Crippen molar-refractivity contribution in [3.8, 4) is 0 Å². The van der Waals surface area contributed by atoms with Gasteiger partial charge in [0, 0.05) is 25.7 Å². The van der Waals surface area contributed by atoms with Crippen LogP contribution in [-0.4, -0.2) is 78.9 Å². The van der Waals surface area contributed by atoms with Crippen LogP contribution >= 0.6 is 0 Å². The zero-order chi connectivity index (χ0) is 20.0. The third-order valence-corrected chi connectivity index (χ3v) is 4.74. The van der Waals surface area contributed by atoms with Gasteiger partial charge in [-0.05, 0) is 45.4 Å². The Morgan fingerprint density at radius 3 is 2.81 bits per heavy atom. The van der Waals surface area contributed by atoms with Gasteiger partial charge < -0.3 is 20.1 Å². The number of ether oxygens (including phenoxy) is 1. The van der Waals surface area contributed by atoms with E-state index in [0.717, 1.165) is 6.42 Å². The number of aryl methyl sites for hydroxylation is 2. The number of likely N-dealkylation sites (N-methyl/N-ethyl adjacent to an activating group) is 1. The van der Waals surface area contributed by atoms with Crippen molar-refractivity contribution in [1.29, 1.82) is 0 Å². The molecule has 0 aromatic heterocycles. The van der Waals surface area contributed by atoms with Crippen LogP contribution in [0.5, 0.6) is 0 Å². The second-order valence-corrected chi connectivity index (χ2v) is 7.51. The zero-order valence-corrected chi connectivity index (χ0v) is 16.7. The van der Waals surface area contributed by atoms with Gasteiger partial charge in [-0.15, -0.1) is 0 Å². The van der Waals surface area contributed by atoms with Crippen LogP contribution in [0.15, 0.2) is 18.2 Å². The molecule has 2 amide bonds. The molecule has 150 valence electrons. The molecule has 0 bridgehead atoms. The molecule has 7 nitrogen and oxygen atoms in total. The van der Waals surface area contributed by atoms with Gasteiger partial charge in [-0.25, -0.2) is 4.79 Å². The van der Waals surface area contributed by atoms with E-state index in [1.165, 1.54) is 16.7 Å². The molecule has 1 fully saturated rings. The number of carbonyl (C=O) groups excluding carboxylic acids is 1. The van der Waals surface area contributed by atoms with E-state index in [9.17, 15) is 9.59 Å². The maximum atomic E-state index is 12.6. The molecule has 2 N–H and O–H groups in total. The van der Waals surface area contributed by atoms with Gasteiger partial charge in [-0.2, -0.15) is 0 Å². The largest absolute Gasteiger partial charge is 0.480 e. The number of hydrogen-bond donors (Lipinski definition) is 2. The van der Waals surface area contributed by atoms with Crippen LogP contribution in [0.2, 0.25) is 0 Å². The summed E-state index contributed by atoms with van der Waals surface area (Å²) in [4.78, 5) is 26.8. The fourth-order valence-electron chi connectivity index (χ4n) is 3.42. The normalized spacial score (nSPS) is 18.4. The first kappa shape index (κ1) is 21.2. The van der Waals surface area contributed by atoms with Crippen LogP contribution in [-0.2, 0) is 16.0 Å². The molecular weight excluding hydrogens is 346 g/mol. The number of nitrogens with one attached hydrogen (secondary N) is 1. The third-order valence-electron chi connectivity index (χ3n) is 4.74. The molecule has 2 unspecified atom stereocenters. The number of aliphatic carboxylic acids is 1. The highest BCUT2D eigenvalue weighted by molar-refractivity contribution is 5.74. The van der Waals surface area contributed by atoms with E-state index in [2.05, 4.69) is 37.4 Å². The highest BCUT2D eigenvalue weighted by Crippen LogP contribution is 2.13. The van der Waals surface area contributed by atoms with Gasteiger partial charge in [0.1, 0.15) is 0 Å². The number of urea groups is 1. The van der Waals surface area contributed by atoms with Gasteiger partial charge in [0.25, 0.3) is 0 Å². The van der Waals surface area contributed by atoms with Gasteiger partial charge in [0.05, 0.1) is 19.3 Å². The molecule has 1 saturated heterocycles. The fraction of sp³-hybridized carbons (Fsp3) is 0.600. The van der Waals surface area contributed by atoms with Crippen molar-refractivity contribution in [3.05, 3.63) is 34.9 Å². The van der Waals surface area contributed by atoms with Crippen LogP contribution in [0, 0.1) is 13.8 Å². The molecule has 1 aliphatic heterocycles. The highest BCUT2D eigenvalue weighted by atomic mass is 16.5. The van der Waals surface area contributed by atoms with Crippen molar-refractivity contribution in [2.24, 2.45) is 0 Å². The molecule has 0 saturated carbocycles. The Hall–Kier alpha value is -2.12. The molecule has 2 atom stereocenters. The van der Waals surface area contributed by atoms with Crippen LogP contribution in [0.4, 0.5) is 4.79 Å². The van der Waals surface area contributed by atoms with Crippen LogP contribution in [0.25, 0.3) is 0 Å². The number of morpholine rings is 1. The van der Waals surface area contributed by atoms with Gasteiger partial charge >= 0.3 is 12.0 Å². The number of rotatable bonds is 7. The van der Waals surface area contributed by atoms with E-state index >= 15 is 0 Å². The molecule has 0 radical (unpaired) electrons. The first-order valence-electron chi connectivity index (χ1n) is 9.38. The lowest BCUT2D eigenvalue weighted by Gasteiger charge is -2.35. The quantitative estimate of drug-likeness (QED) is 0.755. The molecule has 27 heavy (non-hydrogen) atoms. The summed E-state index contributed by atoms with van der Waals surface area (Å²) >= 11 is 0. The molecule has 0 spiro atoms. The Morgan fingerprint density at radius 2 is 2.15 bits per heavy atom. The van der Waals surface area contributed by atoms with Crippen LogP contribution in [0.3, 0.4) is 0 Å². The second kappa shape index (κ2) is 9.71. The topological polar surface area (TPSA) is 82.1 Å². The Balaban J connectivity index is 1.84. The Labute approximate surface area is 161 Å². The predicted molar refractivity (Wildman–Crippen MR) is 104 cm³/mol. The van der Waals surface area contributed by atoms with Crippen molar-refractivity contribution >= 4 is 12.0 Å². The lowest BCUT2D eigenvalue weighted by molar-refractivity contribution is -0.138. The number of nitrogens with zero attached hydrogens (tertiary/aromatic N) is 2. The first-order valence-corrected chi connectivity index (χ1v) is 9.38. The monoisotopic (exact) mass is 377 g/mol. The molecule has 1 aromatic carbocycles. The summed E-state index contributed by atoms with van der Waals surface area (Å²) < 4.78 is 5.68. The van der Waals surface area contributed by atoms with Gasteiger partial charge in [-0.3, -0.25) is 9.69 Å². The van der Waals surface area contributed by atoms with Crippen molar-refractivity contribution < 1.29 is 19.4 Å². The van der Waals surface area contributed by atoms with Crippen molar-refractivity contribution in [1.82, 2.24) is 15.1 Å². The molecule has 0 aliphatic carbocycles. The molecular formula is C20H31N3O4. The smallest absolute Gasteiger partial charge is 0.317 e. The maximum Gasteiger partial charge on any atom is 0.317 e. The summed E-state index contributed by atoms with van der Waals surface area (Å²) in [5.74, 6) is -0.872. The second-order valence-electron chi connectivity index (χ2n) is 7.51. The number of carboxylic acid groups (broad SMARTS) is 1. The number of carboxylic acids is 1. The predicted octanol–water partition coefficient (Wildman–Crippen LogP) is 1.66. The van der Waals surface area contributed by atoms with Gasteiger partial charge in [0.15, 0.2) is 0 Å². The average molecular weight is 377 g/mol. The zero-order valence-electron chi connectivity index (χ0n) is 16.7. The Bertz CT molecular complexity index is 665. The van der Waals surface area contributed by atoms with Gasteiger partial charge in [0.2, 0.25) is 0 Å². The number of hydrogen-bond acceptors (Lipinski definition) is 4. The summed E-state index contributed by atoms with van der Waals surface area (Å²) in [6.07, 6.45) is 0.607. The Morgan fingerprint density at radius 1 is 1.41 bits per heavy atom.